The first-order valence-electron chi connectivity index (χ1n) is 15.8. The van der Waals surface area contributed by atoms with Crippen LogP contribution in [0.15, 0.2) is 12.1 Å². The van der Waals surface area contributed by atoms with Crippen molar-refractivity contribution in [1.82, 2.24) is 24.5 Å². The van der Waals surface area contributed by atoms with E-state index in [1.54, 1.807) is 32.1 Å². The third-order valence-electron chi connectivity index (χ3n) is 8.71. The molecular formula is C32H44N6O7S2. The lowest BCUT2D eigenvalue weighted by Gasteiger charge is -2.36. The highest BCUT2D eigenvalue weighted by atomic mass is 32.2. The number of sulfonamides is 1. The molecular weight excluding hydrogens is 645 g/mol. The highest BCUT2D eigenvalue weighted by molar-refractivity contribution is 7.88. The molecule has 1 fully saturated rings. The molecule has 0 saturated carbocycles. The number of pyridine rings is 1. The quantitative estimate of drug-likeness (QED) is 0.424. The minimum Gasteiger partial charge on any atom is -0.493 e. The SMILES string of the molecule is COc1cc2nc3c(cc2c(OC)c1OC)CN(S(C)(=O)=O)CCCCN(C(=O)c1sc(C)nc1C)CC(=O)NCC1CCCN3C1. The fourth-order valence-electron chi connectivity index (χ4n) is 6.39. The van der Waals surface area contributed by atoms with Gasteiger partial charge in [0.2, 0.25) is 21.7 Å². The van der Waals surface area contributed by atoms with Gasteiger partial charge in [-0.15, -0.1) is 11.3 Å². The number of hydrogen-bond donors (Lipinski definition) is 1. The second-order valence-corrected chi connectivity index (χ2v) is 15.3. The predicted molar refractivity (Wildman–Crippen MR) is 181 cm³/mol. The lowest BCUT2D eigenvalue weighted by atomic mass is 9.97. The molecule has 15 heteroatoms. The number of amides is 2. The Bertz CT molecular complexity index is 1750. The minimum absolute atomic E-state index is 0.0784. The number of aryl methyl sites for hydroxylation is 2. The fourth-order valence-corrected chi connectivity index (χ4v) is 8.11. The summed E-state index contributed by atoms with van der Waals surface area (Å²) >= 11 is 1.32. The average molecular weight is 689 g/mol. The second-order valence-electron chi connectivity index (χ2n) is 12.1. The molecule has 4 heterocycles. The number of methoxy groups -OCH3 is 3. The van der Waals surface area contributed by atoms with E-state index in [-0.39, 0.29) is 37.4 Å². The largest absolute Gasteiger partial charge is 0.493 e. The van der Waals surface area contributed by atoms with Crippen molar-refractivity contribution in [3.8, 4) is 17.2 Å². The van der Waals surface area contributed by atoms with Gasteiger partial charge in [0.05, 0.1) is 50.3 Å². The summed E-state index contributed by atoms with van der Waals surface area (Å²) in [5.41, 5.74) is 2.01. The number of nitrogens with one attached hydrogen (secondary N) is 1. The number of thiazole rings is 1. The number of hydrogen-bond acceptors (Lipinski definition) is 11. The van der Waals surface area contributed by atoms with Gasteiger partial charge in [0.15, 0.2) is 11.5 Å². The molecule has 256 valence electrons. The number of fused-ring (bicyclic) bond motifs is 5. The van der Waals surface area contributed by atoms with Crippen LogP contribution in [-0.2, 0) is 21.4 Å². The van der Waals surface area contributed by atoms with Crippen LogP contribution in [0.4, 0.5) is 5.82 Å². The van der Waals surface area contributed by atoms with Crippen LogP contribution < -0.4 is 24.4 Å². The molecule has 1 aromatic carbocycles. The van der Waals surface area contributed by atoms with Gasteiger partial charge in [-0.25, -0.2) is 18.4 Å². The Morgan fingerprint density at radius 1 is 0.979 bits per heavy atom. The molecule has 1 N–H and O–H groups in total. The summed E-state index contributed by atoms with van der Waals surface area (Å²) in [6.45, 7) is 6.01. The number of rotatable bonds is 5. The Kier molecular flexibility index (Phi) is 10.8. The van der Waals surface area contributed by atoms with E-state index in [2.05, 4.69) is 15.2 Å². The monoisotopic (exact) mass is 688 g/mol. The first-order valence-corrected chi connectivity index (χ1v) is 18.4. The van der Waals surface area contributed by atoms with Gasteiger partial charge >= 0.3 is 0 Å². The van der Waals surface area contributed by atoms with Crippen LogP contribution in [0.25, 0.3) is 10.9 Å². The molecule has 0 aliphatic carbocycles. The number of benzene rings is 1. The summed E-state index contributed by atoms with van der Waals surface area (Å²) in [5, 5.41) is 4.53. The van der Waals surface area contributed by atoms with Crippen LogP contribution in [0.5, 0.6) is 17.2 Å². The van der Waals surface area contributed by atoms with E-state index in [1.165, 1.54) is 29.0 Å². The van der Waals surface area contributed by atoms with Crippen molar-refractivity contribution in [1.29, 1.82) is 0 Å². The lowest BCUT2D eigenvalue weighted by molar-refractivity contribution is -0.122. The van der Waals surface area contributed by atoms with Crippen LogP contribution in [-0.4, -0.2) is 106 Å². The molecule has 1 saturated heterocycles. The van der Waals surface area contributed by atoms with Crippen molar-refractivity contribution in [3.05, 3.63) is 33.3 Å². The summed E-state index contributed by atoms with van der Waals surface area (Å²) in [6, 6.07) is 3.74. The first-order chi connectivity index (χ1) is 22.4. The molecule has 2 amide bonds. The molecule has 2 aliphatic rings. The summed E-state index contributed by atoms with van der Waals surface area (Å²) in [7, 11) is 1.01. The van der Waals surface area contributed by atoms with Gasteiger partial charge in [0, 0.05) is 56.3 Å². The maximum Gasteiger partial charge on any atom is 0.266 e. The molecule has 2 aliphatic heterocycles. The van der Waals surface area contributed by atoms with Crippen molar-refractivity contribution < 1.29 is 32.2 Å². The maximum atomic E-state index is 13.6. The third-order valence-corrected chi connectivity index (χ3v) is 11.0. The first kappa shape index (κ1) is 34.6. The van der Waals surface area contributed by atoms with Gasteiger partial charge in [-0.05, 0) is 51.5 Å². The molecule has 0 radical (unpaired) electrons. The topological polar surface area (TPSA) is 144 Å². The number of aromatic nitrogens is 2. The van der Waals surface area contributed by atoms with E-state index in [0.29, 0.717) is 77.0 Å². The zero-order chi connectivity index (χ0) is 33.9. The molecule has 1 atom stereocenters. The lowest BCUT2D eigenvalue weighted by Crippen LogP contribution is -2.45. The standard InChI is InChI=1S/C32H44N6O7S2/c1-20-30(46-21(2)34-20)32(40)37-11-7-8-13-38(47(6,41)42)18-23-14-24-25(15-26(43-3)29(45-5)28(24)44-4)35-31(23)36-12-9-10-22(17-36)16-33-27(39)19-37/h14-15,22H,7-13,16-19H2,1-6H3,(H,33,39). The van der Waals surface area contributed by atoms with Crippen LogP contribution in [0.3, 0.4) is 0 Å². The van der Waals surface area contributed by atoms with E-state index in [9.17, 15) is 18.0 Å². The molecule has 5 rings (SSSR count). The van der Waals surface area contributed by atoms with Crippen molar-refractivity contribution in [2.45, 2.75) is 46.1 Å². The number of anilines is 1. The smallest absolute Gasteiger partial charge is 0.266 e. The van der Waals surface area contributed by atoms with Crippen molar-refractivity contribution in [2.24, 2.45) is 5.92 Å². The molecule has 47 heavy (non-hydrogen) atoms. The number of carbonyl (C=O) groups is 2. The fraction of sp³-hybridized carbons (Fsp3) is 0.562. The second kappa shape index (κ2) is 14.6. The van der Waals surface area contributed by atoms with E-state index in [1.807, 2.05) is 13.0 Å². The molecule has 2 bridgehead atoms. The minimum atomic E-state index is -3.62. The predicted octanol–water partition coefficient (Wildman–Crippen LogP) is 3.36. The summed E-state index contributed by atoms with van der Waals surface area (Å²) in [5.74, 6) is 1.71. The van der Waals surface area contributed by atoms with E-state index >= 15 is 0 Å². The van der Waals surface area contributed by atoms with Crippen LogP contribution >= 0.6 is 11.3 Å². The Morgan fingerprint density at radius 2 is 1.72 bits per heavy atom. The summed E-state index contributed by atoms with van der Waals surface area (Å²) in [6.07, 6.45) is 3.98. The molecule has 3 aromatic rings. The van der Waals surface area contributed by atoms with Crippen molar-refractivity contribution in [2.75, 3.05) is 71.8 Å². The summed E-state index contributed by atoms with van der Waals surface area (Å²) in [4.78, 5) is 40.5. The van der Waals surface area contributed by atoms with Gasteiger partial charge in [-0.3, -0.25) is 9.59 Å². The zero-order valence-corrected chi connectivity index (χ0v) is 29.6. The van der Waals surface area contributed by atoms with Crippen molar-refractivity contribution >= 4 is 49.9 Å². The number of carbonyl (C=O) groups excluding carboxylic acids is 2. The van der Waals surface area contributed by atoms with Gasteiger partial charge in [-0.2, -0.15) is 4.31 Å². The Balaban J connectivity index is 1.54. The van der Waals surface area contributed by atoms with E-state index in [0.717, 1.165) is 30.0 Å². The maximum absolute atomic E-state index is 13.6. The number of piperidine rings is 1. The summed E-state index contributed by atoms with van der Waals surface area (Å²) < 4.78 is 44.8. The Labute approximate surface area is 280 Å². The van der Waals surface area contributed by atoms with Gasteiger partial charge < -0.3 is 29.3 Å². The highest BCUT2D eigenvalue weighted by Crippen LogP contribution is 2.44. The number of nitrogens with zero attached hydrogens (tertiary/aromatic N) is 5. The Hall–Kier alpha value is -3.69. The number of ether oxygens (including phenoxy) is 3. The third kappa shape index (κ3) is 7.73. The average Bonchev–Trinajstić information content (AvgIpc) is 3.39. The molecule has 0 spiro atoms. The van der Waals surface area contributed by atoms with Crippen LogP contribution in [0.2, 0.25) is 0 Å². The van der Waals surface area contributed by atoms with Crippen molar-refractivity contribution in [3.63, 3.8) is 0 Å². The van der Waals surface area contributed by atoms with Gasteiger partial charge in [0.1, 0.15) is 10.7 Å². The molecule has 13 nitrogen and oxygen atoms in total. The zero-order valence-electron chi connectivity index (χ0n) is 27.9. The highest BCUT2D eigenvalue weighted by Gasteiger charge is 2.29. The van der Waals surface area contributed by atoms with Crippen LogP contribution in [0.1, 0.15) is 51.6 Å². The normalized spacial score (nSPS) is 18.9. The van der Waals surface area contributed by atoms with Crippen LogP contribution in [0, 0.1) is 19.8 Å². The Morgan fingerprint density at radius 3 is 2.38 bits per heavy atom. The van der Waals surface area contributed by atoms with E-state index in [4.69, 9.17) is 19.2 Å². The molecule has 1 unspecified atom stereocenters. The van der Waals surface area contributed by atoms with E-state index < -0.39 is 10.0 Å². The van der Waals surface area contributed by atoms with Gasteiger partial charge in [0.25, 0.3) is 5.91 Å². The van der Waals surface area contributed by atoms with Gasteiger partial charge in [-0.1, -0.05) is 0 Å². The molecule has 2 aromatic heterocycles.